The van der Waals surface area contributed by atoms with E-state index in [4.69, 9.17) is 0 Å². The summed E-state index contributed by atoms with van der Waals surface area (Å²) in [5, 5.41) is 9.43. The summed E-state index contributed by atoms with van der Waals surface area (Å²) < 4.78 is 4.99. The third kappa shape index (κ3) is 3.84. The minimum Gasteiger partial charge on any atom is -0.192 e. The summed E-state index contributed by atoms with van der Waals surface area (Å²) in [7, 11) is 0. The van der Waals surface area contributed by atoms with E-state index in [1.165, 1.54) is 22.5 Å². The van der Waals surface area contributed by atoms with E-state index in [1.807, 2.05) is 6.08 Å². The molecule has 0 saturated carbocycles. The van der Waals surface area contributed by atoms with Gasteiger partial charge in [-0.1, -0.05) is 47.0 Å². The molecule has 1 nitrogen and oxygen atoms in total. The summed E-state index contributed by atoms with van der Waals surface area (Å²) in [5.41, 5.74) is 0.786. The van der Waals surface area contributed by atoms with Gasteiger partial charge in [-0.05, 0) is 42.2 Å². The summed E-state index contributed by atoms with van der Waals surface area (Å²) in [6.45, 7) is 4.22. The van der Waals surface area contributed by atoms with E-state index < -0.39 is 0 Å². The van der Waals surface area contributed by atoms with Crippen LogP contribution in [0.4, 0.5) is 0 Å². The molecule has 106 valence electrons. The van der Waals surface area contributed by atoms with Gasteiger partial charge in [0.05, 0.1) is 22.5 Å². The predicted octanol–water partition coefficient (Wildman–Crippen LogP) is 6.63. The molecule has 0 spiro atoms. The smallest absolute Gasteiger partial charge is 0.101 e. The van der Waals surface area contributed by atoms with Crippen molar-refractivity contribution < 1.29 is 0 Å². The molecule has 0 aromatic rings. The molecule has 2 aliphatic rings. The second kappa shape index (κ2) is 7.70. The van der Waals surface area contributed by atoms with Crippen LogP contribution in [0.3, 0.4) is 0 Å². The Morgan fingerprint density at radius 1 is 1.00 bits per heavy atom. The zero-order valence-corrected chi connectivity index (χ0v) is 16.4. The van der Waals surface area contributed by atoms with Crippen LogP contribution in [0, 0.1) is 11.3 Å². The first kappa shape index (κ1) is 16.9. The highest BCUT2D eigenvalue weighted by Gasteiger charge is 2.22. The fourth-order valence-electron chi connectivity index (χ4n) is 1.40. The van der Waals surface area contributed by atoms with Crippen molar-refractivity contribution in [2.75, 3.05) is 12.5 Å². The lowest BCUT2D eigenvalue weighted by atomic mass is 10.3. The number of allylic oxidation sites excluding steroid dienone is 4. The Morgan fingerprint density at radius 2 is 1.50 bits per heavy atom. The highest BCUT2D eigenvalue weighted by molar-refractivity contribution is 8.40. The van der Waals surface area contributed by atoms with Crippen LogP contribution in [0.15, 0.2) is 38.4 Å². The van der Waals surface area contributed by atoms with Crippen molar-refractivity contribution in [2.45, 2.75) is 13.8 Å². The van der Waals surface area contributed by atoms with Crippen molar-refractivity contribution in [3.05, 3.63) is 38.4 Å². The molecule has 0 unspecified atom stereocenters. The van der Waals surface area contributed by atoms with Gasteiger partial charge in [-0.15, -0.1) is 23.5 Å². The maximum absolute atomic E-state index is 9.43. The predicted molar refractivity (Wildman–Crippen MR) is 104 cm³/mol. The largest absolute Gasteiger partial charge is 0.192 e. The topological polar surface area (TPSA) is 23.8 Å². The molecule has 0 radical (unpaired) electrons. The van der Waals surface area contributed by atoms with Crippen molar-refractivity contribution in [1.29, 1.82) is 5.26 Å². The van der Waals surface area contributed by atoms with Gasteiger partial charge < -0.3 is 0 Å². The second-order valence-electron chi connectivity index (χ2n) is 3.78. The van der Waals surface area contributed by atoms with Gasteiger partial charge in [0, 0.05) is 0 Å². The van der Waals surface area contributed by atoms with Crippen molar-refractivity contribution in [1.82, 2.24) is 0 Å². The first-order valence-corrected chi connectivity index (χ1v) is 11.4. The zero-order valence-electron chi connectivity index (χ0n) is 11.5. The summed E-state index contributed by atoms with van der Waals surface area (Å²) >= 11 is 10.5. The third-order valence-electron chi connectivity index (χ3n) is 2.51. The number of hydrogen-bond acceptors (Lipinski definition) is 7. The summed E-state index contributed by atoms with van der Waals surface area (Å²) in [4.78, 5) is 2.60. The van der Waals surface area contributed by atoms with Crippen LogP contribution >= 0.6 is 70.6 Å². The van der Waals surface area contributed by atoms with Crippen LogP contribution < -0.4 is 0 Å². The van der Waals surface area contributed by atoms with E-state index in [0.29, 0.717) is 0 Å². The number of nitriles is 1. The molecule has 20 heavy (non-hydrogen) atoms. The van der Waals surface area contributed by atoms with Crippen LogP contribution in [-0.2, 0) is 0 Å². The maximum Gasteiger partial charge on any atom is 0.101 e. The minimum absolute atomic E-state index is 0.786. The van der Waals surface area contributed by atoms with Crippen LogP contribution in [0.2, 0.25) is 0 Å². The molecule has 2 aliphatic heterocycles. The molecule has 0 fully saturated rings. The zero-order chi connectivity index (χ0) is 14.7. The van der Waals surface area contributed by atoms with Crippen LogP contribution in [0.5, 0.6) is 0 Å². The maximum atomic E-state index is 9.43. The van der Waals surface area contributed by atoms with Crippen LogP contribution in [0.1, 0.15) is 13.8 Å². The lowest BCUT2D eigenvalue weighted by Gasteiger charge is -2.00. The van der Waals surface area contributed by atoms with Crippen LogP contribution in [-0.4, -0.2) is 12.5 Å². The van der Waals surface area contributed by atoms with E-state index in [9.17, 15) is 5.26 Å². The quantitative estimate of drug-likeness (QED) is 0.510. The Kier molecular flexibility index (Phi) is 6.51. The van der Waals surface area contributed by atoms with E-state index in [2.05, 4.69) is 32.4 Å². The SMILES string of the molecule is CSC1=C(SC)SC(=CC(C#N)=C2SC(C)=C(C)S2)S1. The van der Waals surface area contributed by atoms with Crippen molar-refractivity contribution >= 4 is 70.6 Å². The number of nitrogens with zero attached hydrogens (tertiary/aromatic N) is 1. The van der Waals surface area contributed by atoms with Crippen molar-refractivity contribution in [2.24, 2.45) is 0 Å². The normalized spacial score (nSPS) is 18.9. The monoisotopic (exact) mass is 375 g/mol. The molecule has 7 heteroatoms. The van der Waals surface area contributed by atoms with Gasteiger partial charge in [0.2, 0.25) is 0 Å². The van der Waals surface area contributed by atoms with Crippen LogP contribution in [0.25, 0.3) is 0 Å². The molecular weight excluding hydrogens is 363 g/mol. The van der Waals surface area contributed by atoms with E-state index >= 15 is 0 Å². The summed E-state index contributed by atoms with van der Waals surface area (Å²) in [5.74, 6) is 0. The lowest BCUT2D eigenvalue weighted by Crippen LogP contribution is -1.77. The molecule has 2 heterocycles. The number of thioether (sulfide) groups is 6. The standard InChI is InChI=1S/C13H13NS6/c1-7-8(2)18-11(17-7)9(6-14)5-10-19-12(15-3)13(16-4)20-10/h5H,1-4H3. The van der Waals surface area contributed by atoms with Gasteiger partial charge in [0.15, 0.2) is 0 Å². The van der Waals surface area contributed by atoms with E-state index in [0.717, 1.165) is 9.81 Å². The number of rotatable bonds is 3. The average Bonchev–Trinajstić information content (AvgIpc) is 2.99. The number of hydrogen-bond donors (Lipinski definition) is 0. The van der Waals surface area contributed by atoms with E-state index in [1.54, 1.807) is 70.6 Å². The fraction of sp³-hybridized carbons (Fsp3) is 0.308. The van der Waals surface area contributed by atoms with Gasteiger partial charge in [0.1, 0.15) is 6.07 Å². The Bertz CT molecular complexity index is 556. The average molecular weight is 376 g/mol. The molecule has 0 amide bonds. The summed E-state index contributed by atoms with van der Waals surface area (Å²) in [6.07, 6.45) is 6.24. The fourth-order valence-corrected chi connectivity index (χ4v) is 8.75. The van der Waals surface area contributed by atoms with Gasteiger partial charge >= 0.3 is 0 Å². The van der Waals surface area contributed by atoms with Gasteiger partial charge in [-0.3, -0.25) is 0 Å². The lowest BCUT2D eigenvalue weighted by molar-refractivity contribution is 1.50. The first-order valence-electron chi connectivity index (χ1n) is 5.66. The molecule has 2 rings (SSSR count). The third-order valence-corrected chi connectivity index (χ3v) is 10.3. The van der Waals surface area contributed by atoms with Crippen molar-refractivity contribution in [3.8, 4) is 6.07 Å². The van der Waals surface area contributed by atoms with Crippen molar-refractivity contribution in [3.63, 3.8) is 0 Å². The first-order chi connectivity index (χ1) is 9.58. The highest BCUT2D eigenvalue weighted by Crippen LogP contribution is 2.57. The Labute approximate surface area is 145 Å². The Morgan fingerprint density at radius 3 is 1.90 bits per heavy atom. The molecule has 0 atom stereocenters. The molecule has 0 N–H and O–H groups in total. The molecule has 0 aliphatic carbocycles. The molecule has 0 saturated heterocycles. The van der Waals surface area contributed by atoms with E-state index in [-0.39, 0.29) is 0 Å². The Balaban J connectivity index is 2.20. The summed E-state index contributed by atoms with van der Waals surface area (Å²) in [6, 6.07) is 2.35. The molecule has 0 aromatic heterocycles. The molecule has 0 bridgehead atoms. The molecular formula is C13H13NS6. The van der Waals surface area contributed by atoms with Gasteiger partial charge in [-0.25, -0.2) is 0 Å². The molecule has 0 aromatic carbocycles. The Hall–Kier alpha value is 0.550. The minimum atomic E-state index is 0.786. The second-order valence-corrected chi connectivity index (χ2v) is 11.0. The van der Waals surface area contributed by atoms with Gasteiger partial charge in [-0.2, -0.15) is 5.26 Å². The highest BCUT2D eigenvalue weighted by atomic mass is 32.3. The van der Waals surface area contributed by atoms with Gasteiger partial charge in [0.25, 0.3) is 0 Å².